The molecule has 0 amide bonds. The molecule has 0 atom stereocenters. The number of para-hydroxylation sites is 1. The van der Waals surface area contributed by atoms with Crippen molar-refractivity contribution in [2.75, 3.05) is 6.61 Å². The summed E-state index contributed by atoms with van der Waals surface area (Å²) in [5, 5.41) is 0. The van der Waals surface area contributed by atoms with E-state index in [1.54, 1.807) is 0 Å². The van der Waals surface area contributed by atoms with E-state index in [-0.39, 0.29) is 5.54 Å². The molecule has 5 rings (SSSR count). The fourth-order valence-corrected chi connectivity index (χ4v) is 4.53. The van der Waals surface area contributed by atoms with Crippen molar-refractivity contribution in [1.29, 1.82) is 0 Å². The highest BCUT2D eigenvalue weighted by Gasteiger charge is 2.35. The molecule has 1 aliphatic rings. The fourth-order valence-electron chi connectivity index (χ4n) is 4.53. The lowest BCUT2D eigenvalue weighted by Gasteiger charge is -2.18. The van der Waals surface area contributed by atoms with Gasteiger partial charge in [0.25, 0.3) is 0 Å². The van der Waals surface area contributed by atoms with E-state index >= 15 is 0 Å². The summed E-state index contributed by atoms with van der Waals surface area (Å²) in [5.41, 5.74) is 6.91. The van der Waals surface area contributed by atoms with Crippen molar-refractivity contribution in [3.05, 3.63) is 115 Å². The fraction of sp³-hybridized carbons (Fsp3) is 0.188. The monoisotopic (exact) mass is 458 g/mol. The van der Waals surface area contributed by atoms with Crippen LogP contribution in [0.15, 0.2) is 119 Å². The maximum Gasteiger partial charge on any atom is 0.236 e. The van der Waals surface area contributed by atoms with Crippen LogP contribution in [0.3, 0.4) is 0 Å². The smallest absolute Gasteiger partial charge is 0.236 e. The van der Waals surface area contributed by atoms with Crippen LogP contribution < -0.4 is 0 Å². The summed E-state index contributed by atoms with van der Waals surface area (Å²) in [6.07, 6.45) is 1.87. The third-order valence-electron chi connectivity index (χ3n) is 6.81. The molecule has 3 heteroatoms. The predicted molar refractivity (Wildman–Crippen MR) is 147 cm³/mol. The largest absolute Gasteiger partial charge is 0.474 e. The minimum Gasteiger partial charge on any atom is -0.474 e. The standard InChI is InChI=1S/C32H30N2O/c1-3-32(4-2)23-35-31(34-32)29(26-19-12-7-13-20-26)33-30-27(24-15-8-5-9-16-24)21-14-22-28(30)25-17-10-6-11-18-25/h5-22H,3-4,23H2,1-2H3/b33-29+. The van der Waals surface area contributed by atoms with E-state index in [4.69, 9.17) is 14.7 Å². The van der Waals surface area contributed by atoms with Crippen LogP contribution in [0.25, 0.3) is 22.3 Å². The molecular weight excluding hydrogens is 428 g/mol. The Balaban J connectivity index is 1.77. The summed E-state index contributed by atoms with van der Waals surface area (Å²) in [4.78, 5) is 10.5. The normalized spacial score (nSPS) is 14.9. The summed E-state index contributed by atoms with van der Waals surface area (Å²) in [7, 11) is 0. The summed E-state index contributed by atoms with van der Waals surface area (Å²) < 4.78 is 6.25. The van der Waals surface area contributed by atoms with E-state index in [9.17, 15) is 0 Å². The molecule has 3 nitrogen and oxygen atoms in total. The van der Waals surface area contributed by atoms with Crippen LogP contribution in [-0.2, 0) is 4.74 Å². The lowest BCUT2D eigenvalue weighted by atomic mass is 9.95. The number of rotatable bonds is 7. The number of aliphatic imine (C=N–C) groups is 2. The Morgan fingerprint density at radius 2 is 1.23 bits per heavy atom. The van der Waals surface area contributed by atoms with Gasteiger partial charge in [0.1, 0.15) is 12.3 Å². The molecule has 174 valence electrons. The van der Waals surface area contributed by atoms with Crippen molar-refractivity contribution in [2.45, 2.75) is 32.2 Å². The van der Waals surface area contributed by atoms with Crippen molar-refractivity contribution < 1.29 is 4.74 Å². The molecule has 0 fully saturated rings. The second kappa shape index (κ2) is 10.1. The zero-order valence-electron chi connectivity index (χ0n) is 20.3. The highest BCUT2D eigenvalue weighted by atomic mass is 16.5. The maximum absolute atomic E-state index is 6.25. The zero-order valence-corrected chi connectivity index (χ0v) is 20.3. The van der Waals surface area contributed by atoms with Crippen LogP contribution in [0.5, 0.6) is 0 Å². The average Bonchev–Trinajstić information content (AvgIpc) is 3.38. The Hall–Kier alpha value is -3.98. The van der Waals surface area contributed by atoms with Crippen molar-refractivity contribution in [3.63, 3.8) is 0 Å². The van der Waals surface area contributed by atoms with Gasteiger partial charge in [-0.1, -0.05) is 123 Å². The SMILES string of the molecule is CCC1(CC)COC(/C(=N/c2c(-c3ccccc3)cccc2-c2ccccc2)c2ccccc2)=N1. The summed E-state index contributed by atoms with van der Waals surface area (Å²) >= 11 is 0. The molecule has 0 saturated heterocycles. The van der Waals surface area contributed by atoms with Gasteiger partial charge in [0, 0.05) is 16.7 Å². The molecule has 0 unspecified atom stereocenters. The average molecular weight is 459 g/mol. The van der Waals surface area contributed by atoms with Gasteiger partial charge in [0.05, 0.1) is 11.2 Å². The predicted octanol–water partition coefficient (Wildman–Crippen LogP) is 8.13. The van der Waals surface area contributed by atoms with Gasteiger partial charge < -0.3 is 4.74 Å². The van der Waals surface area contributed by atoms with E-state index in [1.165, 1.54) is 0 Å². The third-order valence-corrected chi connectivity index (χ3v) is 6.81. The highest BCUT2D eigenvalue weighted by molar-refractivity contribution is 6.46. The van der Waals surface area contributed by atoms with Gasteiger partial charge in [0.2, 0.25) is 5.90 Å². The van der Waals surface area contributed by atoms with Crippen molar-refractivity contribution in [1.82, 2.24) is 0 Å². The summed E-state index contributed by atoms with van der Waals surface area (Å²) in [6.45, 7) is 4.95. The van der Waals surface area contributed by atoms with Crippen molar-refractivity contribution >= 4 is 17.3 Å². The highest BCUT2D eigenvalue weighted by Crippen LogP contribution is 2.40. The summed E-state index contributed by atoms with van der Waals surface area (Å²) in [5.74, 6) is 0.627. The third kappa shape index (κ3) is 4.67. The Labute approximate surface area is 207 Å². The van der Waals surface area contributed by atoms with Gasteiger partial charge in [-0.05, 0) is 24.0 Å². The zero-order chi connectivity index (χ0) is 24.1. The minimum atomic E-state index is -0.188. The topological polar surface area (TPSA) is 34.0 Å². The van der Waals surface area contributed by atoms with Crippen LogP contribution in [0.4, 0.5) is 5.69 Å². The van der Waals surface area contributed by atoms with Crippen LogP contribution in [-0.4, -0.2) is 23.8 Å². The van der Waals surface area contributed by atoms with Crippen molar-refractivity contribution in [3.8, 4) is 22.3 Å². The van der Waals surface area contributed by atoms with Gasteiger partial charge in [-0.2, -0.15) is 0 Å². The number of hydrogen-bond acceptors (Lipinski definition) is 3. The van der Waals surface area contributed by atoms with Gasteiger partial charge in [0.15, 0.2) is 0 Å². The number of ether oxygens (including phenoxy) is 1. The van der Waals surface area contributed by atoms with E-state index in [0.717, 1.165) is 52.1 Å². The number of benzene rings is 4. The van der Waals surface area contributed by atoms with E-state index in [1.807, 2.05) is 30.3 Å². The van der Waals surface area contributed by atoms with E-state index in [2.05, 4.69) is 92.7 Å². The quantitative estimate of drug-likeness (QED) is 0.257. The molecule has 0 saturated carbocycles. The van der Waals surface area contributed by atoms with Crippen LogP contribution in [0.1, 0.15) is 32.3 Å². The first-order chi connectivity index (χ1) is 17.2. The molecule has 1 heterocycles. The first-order valence-corrected chi connectivity index (χ1v) is 12.3. The second-order valence-electron chi connectivity index (χ2n) is 8.90. The number of nitrogens with zero attached hydrogens (tertiary/aromatic N) is 2. The lowest BCUT2D eigenvalue weighted by Crippen LogP contribution is -2.25. The molecule has 0 radical (unpaired) electrons. The molecule has 0 aromatic heterocycles. The van der Waals surface area contributed by atoms with Crippen LogP contribution >= 0.6 is 0 Å². The Morgan fingerprint density at radius 1 is 0.714 bits per heavy atom. The van der Waals surface area contributed by atoms with Crippen molar-refractivity contribution in [2.24, 2.45) is 9.98 Å². The first kappa shape index (κ1) is 22.8. The molecule has 0 N–H and O–H groups in total. The molecule has 4 aromatic rings. The molecular formula is C32H30N2O. The lowest BCUT2D eigenvalue weighted by molar-refractivity contribution is 0.246. The molecule has 35 heavy (non-hydrogen) atoms. The van der Waals surface area contributed by atoms with E-state index < -0.39 is 0 Å². The van der Waals surface area contributed by atoms with Gasteiger partial charge >= 0.3 is 0 Å². The second-order valence-corrected chi connectivity index (χ2v) is 8.90. The van der Waals surface area contributed by atoms with E-state index in [0.29, 0.717) is 12.5 Å². The van der Waals surface area contributed by atoms with Gasteiger partial charge in [-0.3, -0.25) is 0 Å². The Morgan fingerprint density at radius 3 is 1.71 bits per heavy atom. The molecule has 0 aliphatic carbocycles. The van der Waals surface area contributed by atoms with Gasteiger partial charge in [-0.15, -0.1) is 0 Å². The molecule has 4 aromatic carbocycles. The minimum absolute atomic E-state index is 0.188. The van der Waals surface area contributed by atoms with Gasteiger partial charge in [-0.25, -0.2) is 9.98 Å². The molecule has 0 bridgehead atoms. The molecule has 0 spiro atoms. The number of hydrogen-bond donors (Lipinski definition) is 0. The van der Waals surface area contributed by atoms with Crippen LogP contribution in [0, 0.1) is 0 Å². The van der Waals surface area contributed by atoms with Crippen LogP contribution in [0.2, 0.25) is 0 Å². The first-order valence-electron chi connectivity index (χ1n) is 12.3. The summed E-state index contributed by atoms with van der Waals surface area (Å²) in [6, 6.07) is 37.5. The Kier molecular flexibility index (Phi) is 6.58. The Bertz CT molecular complexity index is 1280. The maximum atomic E-state index is 6.25. The molecule has 1 aliphatic heterocycles.